The number of hydrogen-bond acceptors (Lipinski definition) is 3. The molecule has 108 valence electrons. The van der Waals surface area contributed by atoms with E-state index in [1.165, 1.54) is 0 Å². The molecule has 2 saturated heterocycles. The monoisotopic (exact) mass is 284 g/mol. The maximum Gasteiger partial charge on any atom is 0.245 e. The molecule has 0 aromatic rings. The van der Waals surface area contributed by atoms with Gasteiger partial charge in [-0.25, -0.2) is 0 Å². The van der Waals surface area contributed by atoms with E-state index in [0.29, 0.717) is 13.0 Å². The van der Waals surface area contributed by atoms with Crippen LogP contribution in [0.4, 0.5) is 0 Å². The van der Waals surface area contributed by atoms with Gasteiger partial charge in [-0.15, -0.1) is 0 Å². The number of hydrogen-bond donors (Lipinski definition) is 0. The molecule has 2 fully saturated rings. The van der Waals surface area contributed by atoms with E-state index in [0.717, 1.165) is 32.4 Å². The molecule has 2 amide bonds. The number of carbonyl (C=O) groups is 2. The van der Waals surface area contributed by atoms with Crippen molar-refractivity contribution in [1.82, 2.24) is 9.80 Å². The first-order valence-electron chi connectivity index (χ1n) is 7.08. The third kappa shape index (κ3) is 3.25. The topological polar surface area (TPSA) is 40.6 Å². The molecule has 0 saturated carbocycles. The van der Waals surface area contributed by atoms with E-state index in [1.54, 1.807) is 11.8 Å². The molecule has 0 aromatic heterocycles. The number of rotatable bonds is 3. The van der Waals surface area contributed by atoms with Gasteiger partial charge in [-0.1, -0.05) is 0 Å². The van der Waals surface area contributed by atoms with E-state index < -0.39 is 0 Å². The van der Waals surface area contributed by atoms with E-state index in [1.807, 2.05) is 9.80 Å². The van der Waals surface area contributed by atoms with Crippen LogP contribution in [0.5, 0.6) is 0 Å². The molecular formula is C14H24N2O2S. The van der Waals surface area contributed by atoms with Crippen LogP contribution in [0.25, 0.3) is 0 Å². The van der Waals surface area contributed by atoms with Gasteiger partial charge in [-0.05, 0) is 39.4 Å². The van der Waals surface area contributed by atoms with Crippen molar-refractivity contribution in [2.45, 2.75) is 50.3 Å². The van der Waals surface area contributed by atoms with E-state index in [4.69, 9.17) is 0 Å². The molecule has 1 atom stereocenters. The second kappa shape index (κ2) is 5.73. The van der Waals surface area contributed by atoms with Crippen LogP contribution in [0.3, 0.4) is 0 Å². The molecule has 0 bridgehead atoms. The molecule has 2 aliphatic heterocycles. The minimum absolute atomic E-state index is 0.0442. The van der Waals surface area contributed by atoms with Crippen LogP contribution < -0.4 is 0 Å². The summed E-state index contributed by atoms with van der Waals surface area (Å²) >= 11 is 1.77. The zero-order chi connectivity index (χ0) is 14.0. The van der Waals surface area contributed by atoms with Gasteiger partial charge in [-0.3, -0.25) is 9.59 Å². The largest absolute Gasteiger partial charge is 0.339 e. The van der Waals surface area contributed by atoms with Crippen molar-refractivity contribution in [2.75, 3.05) is 25.9 Å². The van der Waals surface area contributed by atoms with Crippen molar-refractivity contribution < 1.29 is 9.59 Å². The third-order valence-corrected chi connectivity index (χ3v) is 5.37. The molecule has 0 radical (unpaired) electrons. The van der Waals surface area contributed by atoms with E-state index in [2.05, 4.69) is 20.1 Å². The van der Waals surface area contributed by atoms with Crippen molar-refractivity contribution in [3.05, 3.63) is 0 Å². The highest BCUT2D eigenvalue weighted by Crippen LogP contribution is 2.27. The normalized spacial score (nSPS) is 25.3. The summed E-state index contributed by atoms with van der Waals surface area (Å²) in [6.45, 7) is 6.36. The fourth-order valence-corrected chi connectivity index (χ4v) is 3.15. The Bertz CT molecular complexity index is 370. The number of piperidine rings is 1. The summed E-state index contributed by atoms with van der Waals surface area (Å²) in [6, 6.07) is -0.193. The molecule has 2 aliphatic rings. The Morgan fingerprint density at radius 3 is 2.68 bits per heavy atom. The average molecular weight is 284 g/mol. The molecule has 0 N–H and O–H groups in total. The van der Waals surface area contributed by atoms with Crippen molar-refractivity contribution in [2.24, 2.45) is 0 Å². The summed E-state index contributed by atoms with van der Waals surface area (Å²) in [5.41, 5.74) is 0. The molecule has 0 aliphatic carbocycles. The van der Waals surface area contributed by atoms with Gasteiger partial charge in [-0.2, -0.15) is 11.8 Å². The van der Waals surface area contributed by atoms with Crippen LogP contribution in [0, 0.1) is 0 Å². The fraction of sp³-hybridized carbons (Fsp3) is 0.857. The second-order valence-electron chi connectivity index (χ2n) is 6.07. The number of nitrogens with zero attached hydrogens (tertiary/aromatic N) is 2. The van der Waals surface area contributed by atoms with Gasteiger partial charge in [0.05, 0.1) is 0 Å². The highest BCUT2D eigenvalue weighted by molar-refractivity contribution is 7.99. The minimum Gasteiger partial charge on any atom is -0.339 e. The first-order chi connectivity index (χ1) is 8.94. The number of carbonyl (C=O) groups excluding carboxylic acids is 2. The van der Waals surface area contributed by atoms with E-state index >= 15 is 0 Å². The second-order valence-corrected chi connectivity index (χ2v) is 7.59. The van der Waals surface area contributed by atoms with Crippen LogP contribution in [0.15, 0.2) is 0 Å². The maximum atomic E-state index is 12.6. The van der Waals surface area contributed by atoms with Gasteiger partial charge in [0.15, 0.2) is 0 Å². The number of amides is 2. The lowest BCUT2D eigenvalue weighted by atomic mass is 10.0. The molecule has 1 unspecified atom stereocenters. The highest BCUT2D eigenvalue weighted by Gasteiger charge is 2.38. The zero-order valence-electron chi connectivity index (χ0n) is 12.1. The lowest BCUT2D eigenvalue weighted by molar-refractivity contribution is -0.143. The van der Waals surface area contributed by atoms with Crippen molar-refractivity contribution in [1.29, 1.82) is 0 Å². The summed E-state index contributed by atoms with van der Waals surface area (Å²) in [7, 11) is 0. The van der Waals surface area contributed by atoms with Gasteiger partial charge < -0.3 is 9.80 Å². The Morgan fingerprint density at radius 1 is 1.26 bits per heavy atom. The van der Waals surface area contributed by atoms with Gasteiger partial charge in [0.25, 0.3) is 0 Å². The maximum absolute atomic E-state index is 12.6. The molecule has 19 heavy (non-hydrogen) atoms. The minimum atomic E-state index is -0.193. The van der Waals surface area contributed by atoms with Crippen molar-refractivity contribution >= 4 is 23.6 Å². The van der Waals surface area contributed by atoms with Gasteiger partial charge in [0, 0.05) is 30.8 Å². The van der Waals surface area contributed by atoms with Crippen LogP contribution in [-0.4, -0.2) is 58.3 Å². The first-order valence-corrected chi connectivity index (χ1v) is 8.30. The summed E-state index contributed by atoms with van der Waals surface area (Å²) in [5.74, 6) is 0.315. The first kappa shape index (κ1) is 14.7. The SMILES string of the molecule is CSC(C)(C)CN1CCC(=O)N2CCCCC2C1=O. The summed E-state index contributed by atoms with van der Waals surface area (Å²) in [5, 5.41) is 0. The van der Waals surface area contributed by atoms with Gasteiger partial charge >= 0.3 is 0 Å². The van der Waals surface area contributed by atoms with Crippen molar-refractivity contribution in [3.63, 3.8) is 0 Å². The molecule has 0 aromatic carbocycles. The molecule has 0 spiro atoms. The molecule has 4 nitrogen and oxygen atoms in total. The summed E-state index contributed by atoms with van der Waals surface area (Å²) < 4.78 is 0.0442. The fourth-order valence-electron chi connectivity index (χ4n) is 2.86. The van der Waals surface area contributed by atoms with Crippen LogP contribution >= 0.6 is 11.8 Å². The van der Waals surface area contributed by atoms with Gasteiger partial charge in [0.1, 0.15) is 6.04 Å². The van der Waals surface area contributed by atoms with Crippen LogP contribution in [-0.2, 0) is 9.59 Å². The quantitative estimate of drug-likeness (QED) is 0.792. The smallest absolute Gasteiger partial charge is 0.245 e. The number of thioether (sulfide) groups is 1. The standard InChI is InChI=1S/C14H24N2O2S/c1-14(2,19-3)10-15-9-7-12(17)16-8-5-4-6-11(16)13(15)18/h11H,4-10H2,1-3H3. The highest BCUT2D eigenvalue weighted by atomic mass is 32.2. The predicted molar refractivity (Wildman–Crippen MR) is 78.1 cm³/mol. The van der Waals surface area contributed by atoms with Gasteiger partial charge in [0.2, 0.25) is 11.8 Å². The summed E-state index contributed by atoms with van der Waals surface area (Å²) in [6.07, 6.45) is 5.47. The molecule has 5 heteroatoms. The predicted octanol–water partition coefficient (Wildman–Crippen LogP) is 1.74. The van der Waals surface area contributed by atoms with E-state index in [9.17, 15) is 9.59 Å². The molecular weight excluding hydrogens is 260 g/mol. The average Bonchev–Trinajstić information content (AvgIpc) is 2.52. The Kier molecular flexibility index (Phi) is 4.43. The Hall–Kier alpha value is -0.710. The Morgan fingerprint density at radius 2 is 2.00 bits per heavy atom. The van der Waals surface area contributed by atoms with Crippen LogP contribution in [0.2, 0.25) is 0 Å². The lowest BCUT2D eigenvalue weighted by Gasteiger charge is -2.36. The van der Waals surface area contributed by atoms with Crippen molar-refractivity contribution in [3.8, 4) is 0 Å². The van der Waals surface area contributed by atoms with Crippen LogP contribution in [0.1, 0.15) is 39.5 Å². The lowest BCUT2D eigenvalue weighted by Crippen LogP contribution is -2.51. The molecule has 2 rings (SSSR count). The number of fused-ring (bicyclic) bond motifs is 1. The Labute approximate surface area is 119 Å². The van der Waals surface area contributed by atoms with E-state index in [-0.39, 0.29) is 22.6 Å². The third-order valence-electron chi connectivity index (χ3n) is 4.14. The molecule has 2 heterocycles. The summed E-state index contributed by atoms with van der Waals surface area (Å²) in [4.78, 5) is 28.5. The zero-order valence-corrected chi connectivity index (χ0v) is 13.0. The Balaban J connectivity index is 2.14.